The van der Waals surface area contributed by atoms with Gasteiger partial charge in [0.05, 0.1) is 6.20 Å². The van der Waals surface area contributed by atoms with Gasteiger partial charge in [-0.2, -0.15) is 5.10 Å². The molecule has 130 valence electrons. The number of benzene rings is 1. The number of aryl methyl sites for hydroxylation is 1. The quantitative estimate of drug-likeness (QED) is 0.643. The molecule has 0 aliphatic carbocycles. The Hall–Kier alpha value is -2.08. The van der Waals surface area contributed by atoms with Crippen molar-refractivity contribution < 1.29 is 4.39 Å². The van der Waals surface area contributed by atoms with Crippen molar-refractivity contribution in [3.8, 4) is 0 Å². The smallest absolute Gasteiger partial charge is 0.191 e. The highest BCUT2D eigenvalue weighted by Gasteiger charge is 2.24. The van der Waals surface area contributed by atoms with E-state index in [-0.39, 0.29) is 11.2 Å². The van der Waals surface area contributed by atoms with Crippen LogP contribution in [0.5, 0.6) is 0 Å². The first-order valence-electron chi connectivity index (χ1n) is 7.69. The van der Waals surface area contributed by atoms with Crippen molar-refractivity contribution in [2.45, 2.75) is 25.8 Å². The van der Waals surface area contributed by atoms with E-state index >= 15 is 0 Å². The Morgan fingerprint density at radius 2 is 2.12 bits per heavy atom. The Morgan fingerprint density at radius 3 is 2.71 bits per heavy atom. The third-order valence-electron chi connectivity index (χ3n) is 3.80. The molecule has 2 N–H and O–H groups in total. The summed E-state index contributed by atoms with van der Waals surface area (Å²) in [6.07, 6.45) is 3.75. The molecule has 0 fully saturated rings. The second-order valence-corrected chi connectivity index (χ2v) is 6.72. The van der Waals surface area contributed by atoms with Gasteiger partial charge < -0.3 is 10.6 Å². The summed E-state index contributed by atoms with van der Waals surface area (Å²) in [4.78, 5) is 4.22. The zero-order chi connectivity index (χ0) is 17.7. The summed E-state index contributed by atoms with van der Waals surface area (Å²) in [5.74, 6) is 0.353. The van der Waals surface area contributed by atoms with E-state index in [0.717, 1.165) is 11.1 Å². The molecule has 1 heterocycles. The van der Waals surface area contributed by atoms with Crippen LogP contribution in [-0.4, -0.2) is 29.3 Å². The Morgan fingerprint density at radius 1 is 1.38 bits per heavy atom. The molecule has 1 aromatic carbocycles. The highest BCUT2D eigenvalue weighted by molar-refractivity contribution is 6.31. The number of nitrogens with zero attached hydrogens (tertiary/aromatic N) is 3. The van der Waals surface area contributed by atoms with Crippen molar-refractivity contribution >= 4 is 17.6 Å². The molecule has 7 heteroatoms. The Bertz CT molecular complexity index is 724. The molecule has 2 rings (SSSR count). The van der Waals surface area contributed by atoms with Gasteiger partial charge in [-0.3, -0.25) is 9.67 Å². The number of aromatic nitrogens is 2. The predicted octanol–water partition coefficient (Wildman–Crippen LogP) is 2.86. The van der Waals surface area contributed by atoms with Crippen molar-refractivity contribution in [2.24, 2.45) is 12.0 Å². The number of hydrogen-bond acceptors (Lipinski definition) is 2. The molecule has 5 nitrogen and oxygen atoms in total. The monoisotopic (exact) mass is 351 g/mol. The second-order valence-electron chi connectivity index (χ2n) is 6.31. The van der Waals surface area contributed by atoms with Gasteiger partial charge in [0.25, 0.3) is 0 Å². The maximum absolute atomic E-state index is 13.2. The minimum atomic E-state index is -0.332. The van der Waals surface area contributed by atoms with E-state index in [4.69, 9.17) is 11.6 Å². The first-order valence-corrected chi connectivity index (χ1v) is 8.07. The predicted molar refractivity (Wildman–Crippen MR) is 95.8 cm³/mol. The molecule has 0 radical (unpaired) electrons. The summed E-state index contributed by atoms with van der Waals surface area (Å²) in [6, 6.07) is 4.50. The Labute approximate surface area is 146 Å². The average Bonchev–Trinajstić information content (AvgIpc) is 2.92. The fourth-order valence-electron chi connectivity index (χ4n) is 2.41. The van der Waals surface area contributed by atoms with Crippen molar-refractivity contribution in [3.05, 3.63) is 52.6 Å². The lowest BCUT2D eigenvalue weighted by atomic mass is 9.84. The minimum absolute atomic E-state index is 0.281. The number of guanidine groups is 1. The zero-order valence-electron chi connectivity index (χ0n) is 14.4. The van der Waals surface area contributed by atoms with Gasteiger partial charge in [-0.05, 0) is 17.7 Å². The fourth-order valence-corrected chi connectivity index (χ4v) is 2.83. The highest BCUT2D eigenvalue weighted by atomic mass is 35.5. The molecule has 24 heavy (non-hydrogen) atoms. The van der Waals surface area contributed by atoms with Crippen molar-refractivity contribution in [1.29, 1.82) is 0 Å². The van der Waals surface area contributed by atoms with E-state index in [0.29, 0.717) is 24.1 Å². The van der Waals surface area contributed by atoms with E-state index in [1.807, 2.05) is 33.3 Å². The molecule has 0 saturated heterocycles. The molecule has 2 aromatic rings. The summed E-state index contributed by atoms with van der Waals surface area (Å²) in [7, 11) is 3.60. The third-order valence-corrected chi connectivity index (χ3v) is 4.11. The van der Waals surface area contributed by atoms with Crippen LogP contribution < -0.4 is 10.6 Å². The van der Waals surface area contributed by atoms with Gasteiger partial charge in [-0.1, -0.05) is 31.5 Å². The lowest BCUT2D eigenvalue weighted by Gasteiger charge is -2.27. The van der Waals surface area contributed by atoms with Crippen LogP contribution in [0.4, 0.5) is 4.39 Å². The van der Waals surface area contributed by atoms with Gasteiger partial charge in [0.2, 0.25) is 0 Å². The van der Waals surface area contributed by atoms with E-state index in [2.05, 4.69) is 20.7 Å². The van der Waals surface area contributed by atoms with Crippen LogP contribution in [0.15, 0.2) is 35.6 Å². The van der Waals surface area contributed by atoms with E-state index in [1.165, 1.54) is 12.1 Å². The number of hydrogen-bond donors (Lipinski definition) is 2. The maximum atomic E-state index is 13.2. The summed E-state index contributed by atoms with van der Waals surface area (Å²) >= 11 is 6.18. The molecule has 0 spiro atoms. The van der Waals surface area contributed by atoms with Gasteiger partial charge in [-0.15, -0.1) is 0 Å². The molecule has 0 aliphatic rings. The topological polar surface area (TPSA) is 54.2 Å². The van der Waals surface area contributed by atoms with Gasteiger partial charge in [-0.25, -0.2) is 4.39 Å². The minimum Gasteiger partial charge on any atom is -0.356 e. The number of aliphatic imine (C=N–C) groups is 1. The fraction of sp³-hybridized carbons (Fsp3) is 0.412. The van der Waals surface area contributed by atoms with Crippen LogP contribution >= 0.6 is 11.6 Å². The summed E-state index contributed by atoms with van der Waals surface area (Å²) in [6.45, 7) is 5.33. The highest BCUT2D eigenvalue weighted by Crippen LogP contribution is 2.29. The lowest BCUT2D eigenvalue weighted by molar-refractivity contribution is 0.507. The van der Waals surface area contributed by atoms with E-state index in [9.17, 15) is 4.39 Å². The molecule has 0 amide bonds. The van der Waals surface area contributed by atoms with Crippen LogP contribution in [0.1, 0.15) is 25.0 Å². The molecule has 0 unspecified atom stereocenters. The Kier molecular flexibility index (Phi) is 5.83. The van der Waals surface area contributed by atoms with E-state index < -0.39 is 0 Å². The van der Waals surface area contributed by atoms with Gasteiger partial charge >= 0.3 is 0 Å². The lowest BCUT2D eigenvalue weighted by Crippen LogP contribution is -2.43. The van der Waals surface area contributed by atoms with Gasteiger partial charge in [0, 0.05) is 49.4 Å². The molecule has 1 aromatic heterocycles. The first kappa shape index (κ1) is 18.3. The molecular formula is C17H23ClFN5. The molecule has 0 bridgehead atoms. The van der Waals surface area contributed by atoms with Crippen LogP contribution in [0.3, 0.4) is 0 Å². The average molecular weight is 352 g/mol. The second kappa shape index (κ2) is 7.66. The zero-order valence-corrected chi connectivity index (χ0v) is 15.2. The van der Waals surface area contributed by atoms with Gasteiger partial charge in [0.15, 0.2) is 5.96 Å². The summed E-state index contributed by atoms with van der Waals surface area (Å²) < 4.78 is 15.0. The summed E-state index contributed by atoms with van der Waals surface area (Å²) in [5.41, 5.74) is 1.68. The summed E-state index contributed by atoms with van der Waals surface area (Å²) in [5, 5.41) is 11.1. The van der Waals surface area contributed by atoms with Crippen LogP contribution in [0, 0.1) is 5.82 Å². The van der Waals surface area contributed by atoms with Crippen LogP contribution in [0.2, 0.25) is 5.02 Å². The largest absolute Gasteiger partial charge is 0.356 e. The van der Waals surface area contributed by atoms with Crippen molar-refractivity contribution in [1.82, 2.24) is 20.4 Å². The van der Waals surface area contributed by atoms with Crippen LogP contribution in [-0.2, 0) is 19.0 Å². The van der Waals surface area contributed by atoms with E-state index in [1.54, 1.807) is 17.8 Å². The normalized spacial score (nSPS) is 12.3. The van der Waals surface area contributed by atoms with Crippen LogP contribution in [0.25, 0.3) is 0 Å². The third kappa shape index (κ3) is 4.71. The first-order chi connectivity index (χ1) is 11.3. The standard InChI is InChI=1S/C17H23ClFN5/c1-17(2,14-6-5-13(19)7-15(14)18)11-22-16(20-3)21-8-12-9-23-24(4)10-12/h5-7,9-10H,8,11H2,1-4H3,(H2,20,21,22). The number of halogens is 2. The SMILES string of the molecule is CN=C(NCc1cnn(C)c1)NCC(C)(C)c1ccc(F)cc1Cl. The molecule has 0 atom stereocenters. The maximum Gasteiger partial charge on any atom is 0.191 e. The van der Waals surface area contributed by atoms with Crippen molar-refractivity contribution in [2.75, 3.05) is 13.6 Å². The number of rotatable bonds is 5. The Balaban J connectivity index is 1.96. The van der Waals surface area contributed by atoms with Crippen molar-refractivity contribution in [3.63, 3.8) is 0 Å². The molecular weight excluding hydrogens is 329 g/mol. The molecule has 0 saturated carbocycles. The number of nitrogens with one attached hydrogen (secondary N) is 2. The molecule has 0 aliphatic heterocycles. The van der Waals surface area contributed by atoms with Gasteiger partial charge in [0.1, 0.15) is 5.82 Å².